The van der Waals surface area contributed by atoms with Crippen molar-refractivity contribution in [2.24, 2.45) is 0 Å². The molecule has 0 unspecified atom stereocenters. The van der Waals surface area contributed by atoms with Crippen LogP contribution in [0.15, 0.2) is 6.07 Å². The van der Waals surface area contributed by atoms with E-state index in [4.69, 9.17) is 16.3 Å². The van der Waals surface area contributed by atoms with E-state index in [1.807, 2.05) is 0 Å². The molecule has 0 fully saturated rings. The Hall–Kier alpha value is -1.82. The standard InChI is InChI=1S/C9H8ClN3O3/c1-15-8-4(9(14)16-2)3-5(10)6-7(8)12-13-11-6/h3H,1-2H3,(H,11,12,13). The predicted octanol–water partition coefficient (Wildman–Crippen LogP) is 1.41. The van der Waals surface area contributed by atoms with Crippen LogP contribution in [0.1, 0.15) is 10.4 Å². The van der Waals surface area contributed by atoms with Gasteiger partial charge in [-0.1, -0.05) is 11.6 Å². The fourth-order valence-corrected chi connectivity index (χ4v) is 1.65. The van der Waals surface area contributed by atoms with Crippen molar-refractivity contribution < 1.29 is 14.3 Å². The van der Waals surface area contributed by atoms with Gasteiger partial charge < -0.3 is 9.47 Å². The molecule has 7 heteroatoms. The number of aromatic amines is 1. The van der Waals surface area contributed by atoms with E-state index in [1.165, 1.54) is 20.3 Å². The smallest absolute Gasteiger partial charge is 0.341 e. The molecule has 0 spiro atoms. The number of nitrogens with one attached hydrogen (secondary N) is 1. The van der Waals surface area contributed by atoms with Crippen LogP contribution >= 0.6 is 11.6 Å². The van der Waals surface area contributed by atoms with Crippen molar-refractivity contribution in [1.29, 1.82) is 0 Å². The van der Waals surface area contributed by atoms with Crippen LogP contribution in [0.25, 0.3) is 11.0 Å². The highest BCUT2D eigenvalue weighted by molar-refractivity contribution is 6.35. The summed E-state index contributed by atoms with van der Waals surface area (Å²) in [6.45, 7) is 0. The molecule has 2 rings (SSSR count). The molecule has 6 nitrogen and oxygen atoms in total. The molecule has 2 aromatic rings. The molecule has 0 radical (unpaired) electrons. The molecule has 0 saturated carbocycles. The molecule has 1 N–H and O–H groups in total. The quantitative estimate of drug-likeness (QED) is 0.805. The van der Waals surface area contributed by atoms with Gasteiger partial charge in [-0.25, -0.2) is 4.79 Å². The molecule has 0 aliphatic carbocycles. The SMILES string of the molecule is COC(=O)c1cc(Cl)c2n[nH]nc2c1OC. The Bertz CT molecular complexity index is 552. The molecule has 1 heterocycles. The summed E-state index contributed by atoms with van der Waals surface area (Å²) in [4.78, 5) is 11.5. The Morgan fingerprint density at radius 1 is 1.38 bits per heavy atom. The average Bonchev–Trinajstić information content (AvgIpc) is 2.77. The fraction of sp³-hybridized carbons (Fsp3) is 0.222. The number of rotatable bonds is 2. The maximum absolute atomic E-state index is 11.5. The van der Waals surface area contributed by atoms with E-state index in [0.717, 1.165) is 0 Å². The van der Waals surface area contributed by atoms with E-state index >= 15 is 0 Å². The second-order valence-electron chi connectivity index (χ2n) is 2.95. The van der Waals surface area contributed by atoms with Gasteiger partial charge in [-0.2, -0.15) is 15.4 Å². The van der Waals surface area contributed by atoms with Crippen molar-refractivity contribution in [3.8, 4) is 5.75 Å². The van der Waals surface area contributed by atoms with Crippen molar-refractivity contribution in [1.82, 2.24) is 15.4 Å². The number of fused-ring (bicyclic) bond motifs is 1. The topological polar surface area (TPSA) is 77.1 Å². The summed E-state index contributed by atoms with van der Waals surface area (Å²) in [5, 5.41) is 10.5. The Morgan fingerprint density at radius 2 is 2.06 bits per heavy atom. The number of ether oxygens (including phenoxy) is 2. The van der Waals surface area contributed by atoms with Crippen LogP contribution in [-0.2, 0) is 4.74 Å². The number of hydrogen-bond donors (Lipinski definition) is 1. The zero-order chi connectivity index (χ0) is 11.7. The number of halogens is 1. The Morgan fingerprint density at radius 3 is 2.69 bits per heavy atom. The van der Waals surface area contributed by atoms with Gasteiger partial charge in [-0.05, 0) is 6.07 Å². The van der Waals surface area contributed by atoms with Crippen LogP contribution in [0.3, 0.4) is 0 Å². The van der Waals surface area contributed by atoms with Crippen molar-refractivity contribution in [3.63, 3.8) is 0 Å². The van der Waals surface area contributed by atoms with Gasteiger partial charge in [0, 0.05) is 0 Å². The third-order valence-electron chi connectivity index (χ3n) is 2.11. The van der Waals surface area contributed by atoms with Crippen LogP contribution in [0.4, 0.5) is 0 Å². The summed E-state index contributed by atoms with van der Waals surface area (Å²) < 4.78 is 9.74. The number of aromatic nitrogens is 3. The zero-order valence-corrected chi connectivity index (χ0v) is 9.33. The van der Waals surface area contributed by atoms with E-state index in [-0.39, 0.29) is 5.56 Å². The van der Waals surface area contributed by atoms with Gasteiger partial charge in [0.05, 0.1) is 19.2 Å². The van der Waals surface area contributed by atoms with Crippen molar-refractivity contribution in [2.45, 2.75) is 0 Å². The summed E-state index contributed by atoms with van der Waals surface area (Å²) in [6, 6.07) is 1.44. The lowest BCUT2D eigenvalue weighted by Crippen LogP contribution is -2.04. The number of esters is 1. The number of hydrogen-bond acceptors (Lipinski definition) is 5. The largest absolute Gasteiger partial charge is 0.493 e. The Balaban J connectivity index is 2.78. The first kappa shape index (κ1) is 10.7. The van der Waals surface area contributed by atoms with Crippen LogP contribution in [0, 0.1) is 0 Å². The number of H-pyrrole nitrogens is 1. The highest BCUT2D eigenvalue weighted by atomic mass is 35.5. The predicted molar refractivity (Wildman–Crippen MR) is 56.8 cm³/mol. The summed E-state index contributed by atoms with van der Waals surface area (Å²) in [7, 11) is 2.71. The van der Waals surface area contributed by atoms with E-state index < -0.39 is 5.97 Å². The lowest BCUT2D eigenvalue weighted by molar-refractivity contribution is 0.0597. The molecule has 0 amide bonds. The van der Waals surface area contributed by atoms with E-state index in [0.29, 0.717) is 21.8 Å². The van der Waals surface area contributed by atoms with Crippen molar-refractivity contribution >= 4 is 28.6 Å². The van der Waals surface area contributed by atoms with Gasteiger partial charge in [0.15, 0.2) is 11.3 Å². The third kappa shape index (κ3) is 1.47. The van der Waals surface area contributed by atoms with Gasteiger partial charge in [-0.15, -0.1) is 0 Å². The van der Waals surface area contributed by atoms with Crippen LogP contribution < -0.4 is 4.74 Å². The molecule has 0 saturated heterocycles. The van der Waals surface area contributed by atoms with Crippen LogP contribution in [-0.4, -0.2) is 35.6 Å². The lowest BCUT2D eigenvalue weighted by Gasteiger charge is -2.07. The monoisotopic (exact) mass is 241 g/mol. The summed E-state index contributed by atoms with van der Waals surface area (Å²) in [5.41, 5.74) is 1.07. The summed E-state index contributed by atoms with van der Waals surface area (Å²) >= 11 is 5.95. The number of carbonyl (C=O) groups excluding carboxylic acids is 1. The minimum atomic E-state index is -0.538. The third-order valence-corrected chi connectivity index (χ3v) is 2.40. The molecule has 0 aliphatic rings. The molecule has 0 atom stereocenters. The molecule has 0 aliphatic heterocycles. The molecule has 0 bridgehead atoms. The molecule has 84 valence electrons. The number of nitrogens with zero attached hydrogens (tertiary/aromatic N) is 2. The molecular formula is C9H8ClN3O3. The highest BCUT2D eigenvalue weighted by Gasteiger charge is 2.20. The number of benzene rings is 1. The zero-order valence-electron chi connectivity index (χ0n) is 8.57. The lowest BCUT2D eigenvalue weighted by atomic mass is 10.1. The summed E-state index contributed by atoms with van der Waals surface area (Å²) in [6.07, 6.45) is 0. The molecule has 16 heavy (non-hydrogen) atoms. The van der Waals surface area contributed by atoms with Gasteiger partial charge in [0.1, 0.15) is 11.1 Å². The highest BCUT2D eigenvalue weighted by Crippen LogP contribution is 2.32. The maximum Gasteiger partial charge on any atom is 0.341 e. The number of carbonyl (C=O) groups is 1. The van der Waals surface area contributed by atoms with Gasteiger partial charge in [-0.3, -0.25) is 0 Å². The minimum Gasteiger partial charge on any atom is -0.493 e. The van der Waals surface area contributed by atoms with E-state index in [9.17, 15) is 4.79 Å². The first-order valence-corrected chi connectivity index (χ1v) is 4.72. The first-order chi connectivity index (χ1) is 7.69. The van der Waals surface area contributed by atoms with E-state index in [2.05, 4.69) is 20.1 Å². The average molecular weight is 242 g/mol. The Labute approximate surface area is 95.5 Å². The molecule has 1 aromatic carbocycles. The van der Waals surface area contributed by atoms with Crippen molar-refractivity contribution in [2.75, 3.05) is 14.2 Å². The second kappa shape index (κ2) is 3.97. The summed E-state index contributed by atoms with van der Waals surface area (Å²) in [5.74, 6) is -0.247. The van der Waals surface area contributed by atoms with Crippen molar-refractivity contribution in [3.05, 3.63) is 16.7 Å². The number of methoxy groups -OCH3 is 2. The van der Waals surface area contributed by atoms with Crippen LogP contribution in [0.2, 0.25) is 5.02 Å². The van der Waals surface area contributed by atoms with E-state index in [1.54, 1.807) is 0 Å². The first-order valence-electron chi connectivity index (χ1n) is 4.34. The molecular weight excluding hydrogens is 234 g/mol. The fourth-order valence-electron chi connectivity index (χ4n) is 1.41. The Kier molecular flexibility index (Phi) is 2.66. The molecule has 1 aromatic heterocycles. The van der Waals surface area contributed by atoms with Gasteiger partial charge in [0.2, 0.25) is 0 Å². The second-order valence-corrected chi connectivity index (χ2v) is 3.36. The normalized spacial score (nSPS) is 10.4. The minimum absolute atomic E-state index is 0.219. The maximum atomic E-state index is 11.5. The van der Waals surface area contributed by atoms with Gasteiger partial charge in [0.25, 0.3) is 0 Å². The van der Waals surface area contributed by atoms with Gasteiger partial charge >= 0.3 is 5.97 Å². The van der Waals surface area contributed by atoms with Crippen LogP contribution in [0.5, 0.6) is 5.75 Å².